The summed E-state index contributed by atoms with van der Waals surface area (Å²) in [5.41, 5.74) is 10.0. The average molecular weight is 202 g/mol. The number of hydrogen-bond donors (Lipinski definition) is 1. The van der Waals surface area contributed by atoms with E-state index >= 15 is 0 Å². The van der Waals surface area contributed by atoms with E-state index in [4.69, 9.17) is 5.73 Å². The lowest BCUT2D eigenvalue weighted by Gasteiger charge is -2.09. The van der Waals surface area contributed by atoms with Crippen molar-refractivity contribution in [2.75, 3.05) is 5.73 Å². The molecule has 1 aromatic rings. The van der Waals surface area contributed by atoms with Crippen molar-refractivity contribution in [1.29, 1.82) is 0 Å². The maximum absolute atomic E-state index is 6.02. The molecule has 15 heavy (non-hydrogen) atoms. The van der Waals surface area contributed by atoms with Crippen LogP contribution in [0.2, 0.25) is 0 Å². The number of fused-ring (bicyclic) bond motifs is 1. The van der Waals surface area contributed by atoms with E-state index in [-0.39, 0.29) is 0 Å². The molecular weight excluding hydrogens is 184 g/mol. The van der Waals surface area contributed by atoms with Crippen molar-refractivity contribution in [3.05, 3.63) is 22.9 Å². The summed E-state index contributed by atoms with van der Waals surface area (Å²) in [7, 11) is 0. The molecule has 0 amide bonds. The van der Waals surface area contributed by atoms with Crippen LogP contribution >= 0.6 is 0 Å². The molecule has 1 atom stereocenters. The molecule has 2 N–H and O–H groups in total. The number of hydrogen-bond acceptors (Lipinski definition) is 2. The number of nitrogens with two attached hydrogens (primary N) is 1. The van der Waals surface area contributed by atoms with Crippen LogP contribution < -0.4 is 5.73 Å². The second-order valence-corrected chi connectivity index (χ2v) is 5.16. The number of anilines is 1. The third kappa shape index (κ3) is 1.62. The van der Waals surface area contributed by atoms with E-state index in [0.29, 0.717) is 5.92 Å². The predicted octanol–water partition coefficient (Wildman–Crippen LogP) is 2.67. The Morgan fingerprint density at radius 1 is 1.40 bits per heavy atom. The van der Waals surface area contributed by atoms with Gasteiger partial charge in [-0.05, 0) is 55.1 Å². The first-order valence-electron chi connectivity index (χ1n) is 6.02. The minimum atomic E-state index is 0.609. The minimum absolute atomic E-state index is 0.609. The van der Waals surface area contributed by atoms with Gasteiger partial charge in [-0.1, -0.05) is 13.0 Å². The average Bonchev–Trinajstić information content (AvgIpc) is 2.95. The summed E-state index contributed by atoms with van der Waals surface area (Å²) in [6, 6.07) is 2.32. The summed E-state index contributed by atoms with van der Waals surface area (Å²) >= 11 is 0. The Morgan fingerprint density at radius 3 is 2.93 bits per heavy atom. The van der Waals surface area contributed by atoms with E-state index in [9.17, 15) is 0 Å². The van der Waals surface area contributed by atoms with E-state index < -0.39 is 0 Å². The topological polar surface area (TPSA) is 38.9 Å². The largest absolute Gasteiger partial charge is 0.383 e. The molecule has 1 fully saturated rings. The van der Waals surface area contributed by atoms with Crippen LogP contribution in [0, 0.1) is 5.92 Å². The van der Waals surface area contributed by atoms with Gasteiger partial charge in [0.25, 0.3) is 0 Å². The van der Waals surface area contributed by atoms with E-state index in [0.717, 1.165) is 18.2 Å². The third-order valence-electron chi connectivity index (χ3n) is 3.77. The Balaban J connectivity index is 1.95. The fourth-order valence-corrected chi connectivity index (χ4v) is 2.56. The molecule has 1 heterocycles. The molecule has 0 spiro atoms. The third-order valence-corrected chi connectivity index (χ3v) is 3.77. The normalized spacial score (nSPS) is 24.2. The molecule has 0 radical (unpaired) electrons. The lowest BCUT2D eigenvalue weighted by atomic mass is 10.0. The molecule has 1 aromatic heterocycles. The maximum atomic E-state index is 6.02. The number of nitrogens with zero attached hydrogens (tertiary/aromatic N) is 1. The smallest absolute Gasteiger partial charge is 0.126 e. The van der Waals surface area contributed by atoms with Gasteiger partial charge in [0, 0.05) is 5.69 Å². The van der Waals surface area contributed by atoms with Crippen LogP contribution in [0.15, 0.2) is 6.07 Å². The summed E-state index contributed by atoms with van der Waals surface area (Å²) in [4.78, 5) is 4.59. The molecule has 0 aromatic carbocycles. The van der Waals surface area contributed by atoms with Gasteiger partial charge in [-0.2, -0.15) is 0 Å². The van der Waals surface area contributed by atoms with E-state index in [2.05, 4.69) is 18.0 Å². The monoisotopic (exact) mass is 202 g/mol. The second-order valence-electron chi connectivity index (χ2n) is 5.16. The summed E-state index contributed by atoms with van der Waals surface area (Å²) < 4.78 is 0. The molecule has 2 heteroatoms. The zero-order valence-corrected chi connectivity index (χ0v) is 9.29. The molecule has 1 unspecified atom stereocenters. The molecule has 2 aliphatic rings. The van der Waals surface area contributed by atoms with Gasteiger partial charge in [0.1, 0.15) is 5.82 Å². The first-order chi connectivity index (χ1) is 7.24. The zero-order valence-electron chi connectivity index (χ0n) is 9.29. The fourth-order valence-electron chi connectivity index (χ4n) is 2.56. The standard InChI is InChI=1S/C13H18N2/c1-8-2-5-10-7-11(6-9-3-4-9)13(14)15-12(8)10/h7-9H,2-6H2,1H3,(H2,14,15). The van der Waals surface area contributed by atoms with Gasteiger partial charge in [-0.15, -0.1) is 0 Å². The van der Waals surface area contributed by atoms with Crippen LogP contribution in [0.3, 0.4) is 0 Å². The highest BCUT2D eigenvalue weighted by molar-refractivity contribution is 5.46. The Morgan fingerprint density at radius 2 is 2.20 bits per heavy atom. The van der Waals surface area contributed by atoms with E-state index in [1.807, 2.05) is 0 Å². The Kier molecular flexibility index (Phi) is 1.98. The number of aromatic nitrogens is 1. The quantitative estimate of drug-likeness (QED) is 0.800. The predicted molar refractivity (Wildman–Crippen MR) is 61.8 cm³/mol. The van der Waals surface area contributed by atoms with Crippen molar-refractivity contribution in [3.8, 4) is 0 Å². The van der Waals surface area contributed by atoms with Gasteiger partial charge in [0.15, 0.2) is 0 Å². The number of aryl methyl sites for hydroxylation is 1. The summed E-state index contributed by atoms with van der Waals surface area (Å²) in [6.07, 6.45) is 6.36. The summed E-state index contributed by atoms with van der Waals surface area (Å²) in [6.45, 7) is 2.25. The molecule has 0 bridgehead atoms. The van der Waals surface area contributed by atoms with Crippen LogP contribution in [0.4, 0.5) is 5.82 Å². The highest BCUT2D eigenvalue weighted by atomic mass is 14.9. The number of pyridine rings is 1. The molecule has 0 saturated heterocycles. The first-order valence-corrected chi connectivity index (χ1v) is 6.02. The lowest BCUT2D eigenvalue weighted by molar-refractivity contribution is 0.731. The summed E-state index contributed by atoms with van der Waals surface area (Å²) in [5, 5.41) is 0. The van der Waals surface area contributed by atoms with E-state index in [1.54, 1.807) is 0 Å². The maximum Gasteiger partial charge on any atom is 0.126 e. The molecule has 1 saturated carbocycles. The minimum Gasteiger partial charge on any atom is -0.383 e. The highest BCUT2D eigenvalue weighted by Crippen LogP contribution is 2.37. The van der Waals surface area contributed by atoms with E-state index in [1.165, 1.54) is 42.5 Å². The van der Waals surface area contributed by atoms with Crippen LogP contribution in [-0.2, 0) is 12.8 Å². The second kappa shape index (κ2) is 3.22. The number of rotatable bonds is 2. The Bertz CT molecular complexity index is 394. The van der Waals surface area contributed by atoms with Crippen LogP contribution in [0.5, 0.6) is 0 Å². The van der Waals surface area contributed by atoms with Gasteiger partial charge in [0.05, 0.1) is 0 Å². The van der Waals surface area contributed by atoms with Crippen molar-refractivity contribution in [3.63, 3.8) is 0 Å². The van der Waals surface area contributed by atoms with Crippen molar-refractivity contribution in [2.45, 2.75) is 44.9 Å². The molecule has 2 nitrogen and oxygen atoms in total. The van der Waals surface area contributed by atoms with Gasteiger partial charge in [-0.3, -0.25) is 0 Å². The Hall–Kier alpha value is -1.05. The Labute approximate surface area is 90.9 Å². The highest BCUT2D eigenvalue weighted by Gasteiger charge is 2.26. The van der Waals surface area contributed by atoms with Gasteiger partial charge in [0.2, 0.25) is 0 Å². The lowest BCUT2D eigenvalue weighted by Crippen LogP contribution is -2.03. The SMILES string of the molecule is CC1CCc2cc(CC3CC3)c(N)nc21. The first kappa shape index (κ1) is 9.20. The van der Waals surface area contributed by atoms with Gasteiger partial charge in [-0.25, -0.2) is 4.98 Å². The molecular formula is C13H18N2. The molecule has 0 aliphatic heterocycles. The van der Waals surface area contributed by atoms with Crippen molar-refractivity contribution in [1.82, 2.24) is 4.98 Å². The van der Waals surface area contributed by atoms with Crippen LogP contribution in [0.1, 0.15) is 48.9 Å². The van der Waals surface area contributed by atoms with Crippen molar-refractivity contribution >= 4 is 5.82 Å². The van der Waals surface area contributed by atoms with Crippen LogP contribution in [0.25, 0.3) is 0 Å². The van der Waals surface area contributed by atoms with Gasteiger partial charge >= 0.3 is 0 Å². The van der Waals surface area contributed by atoms with Crippen LogP contribution in [-0.4, -0.2) is 4.98 Å². The molecule has 80 valence electrons. The summed E-state index contributed by atoms with van der Waals surface area (Å²) in [5.74, 6) is 2.29. The van der Waals surface area contributed by atoms with Gasteiger partial charge < -0.3 is 5.73 Å². The number of nitrogen functional groups attached to an aromatic ring is 1. The van der Waals surface area contributed by atoms with Crippen molar-refractivity contribution < 1.29 is 0 Å². The molecule has 3 rings (SSSR count). The van der Waals surface area contributed by atoms with Crippen molar-refractivity contribution in [2.24, 2.45) is 5.92 Å². The zero-order chi connectivity index (χ0) is 10.4. The molecule has 2 aliphatic carbocycles. The fraction of sp³-hybridized carbons (Fsp3) is 0.615.